The average molecular weight is 277 g/mol. The maximum atomic E-state index is 12.6. The summed E-state index contributed by atoms with van der Waals surface area (Å²) in [6.45, 7) is 3.52. The van der Waals surface area contributed by atoms with Crippen molar-refractivity contribution in [2.75, 3.05) is 26.8 Å². The third-order valence-corrected chi connectivity index (χ3v) is 2.44. The van der Waals surface area contributed by atoms with Crippen LogP contribution >= 0.6 is 0 Å². The first-order chi connectivity index (χ1) is 8.97. The van der Waals surface area contributed by atoms with Gasteiger partial charge in [0.2, 0.25) is 0 Å². The van der Waals surface area contributed by atoms with Crippen molar-refractivity contribution in [3.63, 3.8) is 0 Å². The van der Waals surface area contributed by atoms with Gasteiger partial charge in [-0.3, -0.25) is 0 Å². The summed E-state index contributed by atoms with van der Waals surface area (Å²) in [6, 6.07) is 4.84. The summed E-state index contributed by atoms with van der Waals surface area (Å²) in [5.41, 5.74) is -0.718. The third-order valence-electron chi connectivity index (χ3n) is 2.44. The number of benzene rings is 1. The minimum atomic E-state index is -4.36. The predicted molar refractivity (Wildman–Crippen MR) is 66.3 cm³/mol. The molecule has 0 radical (unpaired) electrons. The highest BCUT2D eigenvalue weighted by Crippen LogP contribution is 2.31. The van der Waals surface area contributed by atoms with Gasteiger partial charge in [-0.05, 0) is 24.7 Å². The lowest BCUT2D eigenvalue weighted by atomic mass is 10.2. The molecule has 3 nitrogen and oxygen atoms in total. The van der Waals surface area contributed by atoms with Crippen LogP contribution in [0.5, 0.6) is 5.75 Å². The molecule has 0 bridgehead atoms. The molecule has 0 aromatic heterocycles. The Morgan fingerprint density at radius 2 is 2.05 bits per heavy atom. The first kappa shape index (κ1) is 15.8. The third kappa shape index (κ3) is 5.48. The number of halogens is 3. The molecule has 0 spiro atoms. The average Bonchev–Trinajstić information content (AvgIpc) is 2.35. The molecule has 0 aliphatic rings. The molecule has 0 saturated carbocycles. The van der Waals surface area contributed by atoms with E-state index >= 15 is 0 Å². The first-order valence-electron chi connectivity index (χ1n) is 6.01. The Morgan fingerprint density at radius 3 is 2.63 bits per heavy atom. The molecule has 0 aliphatic carbocycles. The van der Waals surface area contributed by atoms with Crippen LogP contribution in [0.4, 0.5) is 13.2 Å². The number of alkyl halides is 3. The second-order valence-electron chi connectivity index (χ2n) is 4.03. The van der Waals surface area contributed by atoms with E-state index in [0.29, 0.717) is 13.2 Å². The van der Waals surface area contributed by atoms with E-state index in [0.717, 1.165) is 18.7 Å². The summed E-state index contributed by atoms with van der Waals surface area (Å²) in [7, 11) is 1.52. The smallest absolute Gasteiger partial charge is 0.416 e. The number of rotatable bonds is 7. The highest BCUT2D eigenvalue weighted by molar-refractivity contribution is 5.30. The van der Waals surface area contributed by atoms with E-state index < -0.39 is 11.7 Å². The molecule has 0 fully saturated rings. The van der Waals surface area contributed by atoms with Gasteiger partial charge in [-0.25, -0.2) is 0 Å². The van der Waals surface area contributed by atoms with Crippen LogP contribution in [0.15, 0.2) is 24.3 Å². The van der Waals surface area contributed by atoms with Gasteiger partial charge in [0, 0.05) is 13.7 Å². The van der Waals surface area contributed by atoms with E-state index in [-0.39, 0.29) is 11.9 Å². The zero-order valence-corrected chi connectivity index (χ0v) is 11.0. The highest BCUT2D eigenvalue weighted by Gasteiger charge is 2.30. The van der Waals surface area contributed by atoms with Crippen LogP contribution in [0.3, 0.4) is 0 Å². The van der Waals surface area contributed by atoms with Gasteiger partial charge in [-0.2, -0.15) is 13.2 Å². The van der Waals surface area contributed by atoms with Crippen molar-refractivity contribution >= 4 is 0 Å². The fraction of sp³-hybridized carbons (Fsp3) is 0.538. The van der Waals surface area contributed by atoms with E-state index in [1.807, 2.05) is 6.92 Å². The van der Waals surface area contributed by atoms with Gasteiger partial charge in [0.1, 0.15) is 11.9 Å². The van der Waals surface area contributed by atoms with Crippen LogP contribution in [-0.2, 0) is 10.9 Å². The van der Waals surface area contributed by atoms with Crippen LogP contribution in [0.2, 0.25) is 0 Å². The molecule has 1 unspecified atom stereocenters. The van der Waals surface area contributed by atoms with Gasteiger partial charge in [0.25, 0.3) is 0 Å². The van der Waals surface area contributed by atoms with Crippen molar-refractivity contribution in [3.05, 3.63) is 29.8 Å². The molecule has 0 saturated heterocycles. The Hall–Kier alpha value is -1.27. The van der Waals surface area contributed by atoms with Crippen LogP contribution in [0.1, 0.15) is 12.5 Å². The minimum absolute atomic E-state index is 0.190. The van der Waals surface area contributed by atoms with Crippen molar-refractivity contribution in [1.82, 2.24) is 5.32 Å². The molecule has 1 aromatic rings. The zero-order valence-electron chi connectivity index (χ0n) is 11.0. The molecule has 19 heavy (non-hydrogen) atoms. The predicted octanol–water partition coefficient (Wildman–Crippen LogP) is 2.71. The molecule has 1 rings (SSSR count). The Morgan fingerprint density at radius 1 is 1.32 bits per heavy atom. The maximum absolute atomic E-state index is 12.6. The van der Waals surface area contributed by atoms with Crippen LogP contribution in [-0.4, -0.2) is 32.9 Å². The van der Waals surface area contributed by atoms with E-state index in [2.05, 4.69) is 5.32 Å². The lowest BCUT2D eigenvalue weighted by molar-refractivity contribution is -0.137. The van der Waals surface area contributed by atoms with E-state index in [1.165, 1.54) is 19.2 Å². The van der Waals surface area contributed by atoms with Crippen LogP contribution in [0, 0.1) is 0 Å². The van der Waals surface area contributed by atoms with Crippen molar-refractivity contribution < 1.29 is 22.6 Å². The number of hydrogen-bond acceptors (Lipinski definition) is 3. The molecule has 1 atom stereocenters. The molecule has 1 aromatic carbocycles. The fourth-order valence-corrected chi connectivity index (χ4v) is 1.56. The number of nitrogens with one attached hydrogen (secondary N) is 1. The second-order valence-corrected chi connectivity index (χ2v) is 4.03. The number of hydrogen-bond donors (Lipinski definition) is 1. The Balaban J connectivity index is 2.73. The van der Waals surface area contributed by atoms with Crippen molar-refractivity contribution in [3.8, 4) is 5.75 Å². The van der Waals surface area contributed by atoms with Gasteiger partial charge in [0.15, 0.2) is 0 Å². The standard InChI is InChI=1S/C13H18F3NO2/c1-3-17-8-12(9-18-2)19-11-6-4-5-10(7-11)13(14,15)16/h4-7,12,17H,3,8-9H2,1-2H3. The van der Waals surface area contributed by atoms with E-state index in [1.54, 1.807) is 0 Å². The Labute approximate surface area is 110 Å². The summed E-state index contributed by atoms with van der Waals surface area (Å²) in [4.78, 5) is 0. The van der Waals surface area contributed by atoms with Crippen LogP contribution < -0.4 is 10.1 Å². The van der Waals surface area contributed by atoms with Crippen molar-refractivity contribution in [2.24, 2.45) is 0 Å². The molecule has 6 heteroatoms. The summed E-state index contributed by atoms with van der Waals surface area (Å²) >= 11 is 0. The van der Waals surface area contributed by atoms with Gasteiger partial charge in [-0.1, -0.05) is 13.0 Å². The van der Waals surface area contributed by atoms with Gasteiger partial charge >= 0.3 is 6.18 Å². The highest BCUT2D eigenvalue weighted by atomic mass is 19.4. The normalized spacial score (nSPS) is 13.3. The molecule has 0 heterocycles. The minimum Gasteiger partial charge on any atom is -0.487 e. The fourth-order valence-electron chi connectivity index (χ4n) is 1.56. The SMILES string of the molecule is CCNCC(COC)Oc1cccc(C(F)(F)F)c1. The maximum Gasteiger partial charge on any atom is 0.416 e. The van der Waals surface area contributed by atoms with Gasteiger partial charge in [0.05, 0.1) is 12.2 Å². The van der Waals surface area contributed by atoms with Crippen molar-refractivity contribution in [2.45, 2.75) is 19.2 Å². The molecular weight excluding hydrogens is 259 g/mol. The van der Waals surface area contributed by atoms with Crippen LogP contribution in [0.25, 0.3) is 0 Å². The number of ether oxygens (including phenoxy) is 2. The van der Waals surface area contributed by atoms with E-state index in [9.17, 15) is 13.2 Å². The number of methoxy groups -OCH3 is 1. The van der Waals surface area contributed by atoms with Gasteiger partial charge < -0.3 is 14.8 Å². The summed E-state index contributed by atoms with van der Waals surface area (Å²) in [6.07, 6.45) is -4.69. The molecule has 1 N–H and O–H groups in total. The zero-order chi connectivity index (χ0) is 14.3. The second kappa shape index (κ2) is 7.35. The molecule has 108 valence electrons. The molecule has 0 amide bonds. The van der Waals surface area contributed by atoms with E-state index in [4.69, 9.17) is 9.47 Å². The lowest BCUT2D eigenvalue weighted by Crippen LogP contribution is -2.34. The van der Waals surface area contributed by atoms with Gasteiger partial charge in [-0.15, -0.1) is 0 Å². The topological polar surface area (TPSA) is 30.5 Å². The Kier molecular flexibility index (Phi) is 6.11. The quantitative estimate of drug-likeness (QED) is 0.831. The summed E-state index contributed by atoms with van der Waals surface area (Å²) < 4.78 is 48.2. The summed E-state index contributed by atoms with van der Waals surface area (Å²) in [5.74, 6) is 0.190. The lowest BCUT2D eigenvalue weighted by Gasteiger charge is -2.19. The molecular formula is C13H18F3NO2. The van der Waals surface area contributed by atoms with Crippen molar-refractivity contribution in [1.29, 1.82) is 0 Å². The summed E-state index contributed by atoms with van der Waals surface area (Å²) in [5, 5.41) is 3.07. The number of likely N-dealkylation sites (N-methyl/N-ethyl adjacent to an activating group) is 1. The first-order valence-corrected chi connectivity index (χ1v) is 6.01. The molecule has 0 aliphatic heterocycles. The monoisotopic (exact) mass is 277 g/mol. The Bertz CT molecular complexity index is 382. The largest absolute Gasteiger partial charge is 0.487 e.